The monoisotopic (exact) mass is 438 g/mol. The SMILES string of the molecule is COc1ccc(Cl)cc1N([C@@H](C)C(=O)NCCCc1ccc(C)cc1)S(C)(=O)=O. The number of ether oxygens (including phenoxy) is 1. The first-order valence-corrected chi connectivity index (χ1v) is 11.5. The number of carbonyl (C=O) groups is 1. The summed E-state index contributed by atoms with van der Waals surface area (Å²) in [6, 6.07) is 11.9. The molecule has 29 heavy (non-hydrogen) atoms. The fourth-order valence-electron chi connectivity index (χ4n) is 3.02. The van der Waals surface area contributed by atoms with Gasteiger partial charge in [-0.15, -0.1) is 0 Å². The average Bonchev–Trinajstić information content (AvgIpc) is 2.65. The highest BCUT2D eigenvalue weighted by atomic mass is 35.5. The van der Waals surface area contributed by atoms with Crippen LogP contribution in [0.5, 0.6) is 5.75 Å². The topological polar surface area (TPSA) is 75.7 Å². The van der Waals surface area contributed by atoms with E-state index in [-0.39, 0.29) is 11.6 Å². The summed E-state index contributed by atoms with van der Waals surface area (Å²) in [5.74, 6) is -0.0693. The molecule has 0 aromatic heterocycles. The minimum Gasteiger partial charge on any atom is -0.495 e. The lowest BCUT2D eigenvalue weighted by Crippen LogP contribution is -2.48. The quantitative estimate of drug-likeness (QED) is 0.607. The second-order valence-electron chi connectivity index (χ2n) is 6.93. The Labute approximate surface area is 177 Å². The second-order valence-corrected chi connectivity index (χ2v) is 9.23. The van der Waals surface area contributed by atoms with Crippen molar-refractivity contribution in [3.8, 4) is 5.75 Å². The number of nitrogens with zero attached hydrogens (tertiary/aromatic N) is 1. The van der Waals surface area contributed by atoms with Crippen molar-refractivity contribution in [3.05, 3.63) is 58.6 Å². The predicted molar refractivity (Wildman–Crippen MR) is 117 cm³/mol. The molecule has 1 N–H and O–H groups in total. The van der Waals surface area contributed by atoms with Gasteiger partial charge in [-0.2, -0.15) is 0 Å². The number of amides is 1. The molecule has 158 valence electrons. The smallest absolute Gasteiger partial charge is 0.243 e. The van der Waals surface area contributed by atoms with Crippen LogP contribution in [0.2, 0.25) is 5.02 Å². The van der Waals surface area contributed by atoms with Crippen molar-refractivity contribution in [3.63, 3.8) is 0 Å². The molecule has 0 saturated heterocycles. The van der Waals surface area contributed by atoms with Gasteiger partial charge in [-0.3, -0.25) is 9.10 Å². The molecule has 1 amide bonds. The fourth-order valence-corrected chi connectivity index (χ4v) is 4.36. The first-order valence-electron chi connectivity index (χ1n) is 9.29. The van der Waals surface area contributed by atoms with Crippen LogP contribution in [0.25, 0.3) is 0 Å². The van der Waals surface area contributed by atoms with E-state index in [1.807, 2.05) is 6.92 Å². The first-order chi connectivity index (χ1) is 13.6. The van der Waals surface area contributed by atoms with E-state index in [1.54, 1.807) is 12.1 Å². The number of methoxy groups -OCH3 is 1. The maximum Gasteiger partial charge on any atom is 0.243 e. The van der Waals surface area contributed by atoms with Crippen LogP contribution >= 0.6 is 11.6 Å². The Bertz CT molecular complexity index is 946. The third-order valence-corrected chi connectivity index (χ3v) is 5.99. The van der Waals surface area contributed by atoms with Crippen LogP contribution in [0.15, 0.2) is 42.5 Å². The number of nitrogens with one attached hydrogen (secondary N) is 1. The van der Waals surface area contributed by atoms with Gasteiger partial charge in [0.05, 0.1) is 19.1 Å². The van der Waals surface area contributed by atoms with Gasteiger partial charge in [-0.1, -0.05) is 41.4 Å². The van der Waals surface area contributed by atoms with Gasteiger partial charge < -0.3 is 10.1 Å². The van der Waals surface area contributed by atoms with Crippen molar-refractivity contribution in [2.24, 2.45) is 0 Å². The lowest BCUT2D eigenvalue weighted by atomic mass is 10.1. The van der Waals surface area contributed by atoms with E-state index in [9.17, 15) is 13.2 Å². The molecule has 0 aliphatic carbocycles. The predicted octanol–water partition coefficient (Wildman–Crippen LogP) is 3.56. The minimum absolute atomic E-state index is 0.227. The summed E-state index contributed by atoms with van der Waals surface area (Å²) in [7, 11) is -2.32. The van der Waals surface area contributed by atoms with Crippen molar-refractivity contribution in [2.45, 2.75) is 32.7 Å². The van der Waals surface area contributed by atoms with Gasteiger partial charge >= 0.3 is 0 Å². The van der Waals surface area contributed by atoms with E-state index >= 15 is 0 Å². The van der Waals surface area contributed by atoms with E-state index in [4.69, 9.17) is 16.3 Å². The average molecular weight is 439 g/mol. The molecule has 0 saturated carbocycles. The van der Waals surface area contributed by atoms with Crippen LogP contribution in [0.1, 0.15) is 24.5 Å². The molecule has 0 aliphatic rings. The zero-order valence-electron chi connectivity index (χ0n) is 17.1. The van der Waals surface area contributed by atoms with Gasteiger partial charge in [0.15, 0.2) is 0 Å². The molecule has 0 fully saturated rings. The highest BCUT2D eigenvalue weighted by Crippen LogP contribution is 2.34. The van der Waals surface area contributed by atoms with Crippen molar-refractivity contribution < 1.29 is 17.9 Å². The van der Waals surface area contributed by atoms with E-state index in [0.717, 1.165) is 23.4 Å². The third kappa shape index (κ3) is 6.37. The molecule has 8 heteroatoms. The molecular weight excluding hydrogens is 412 g/mol. The van der Waals surface area contributed by atoms with Gasteiger partial charge in [0.2, 0.25) is 15.9 Å². The normalized spacial score (nSPS) is 12.3. The standard InChI is InChI=1S/C21H27ClN2O4S/c1-15-7-9-17(10-8-15)6-5-13-23-21(25)16(2)24(29(4,26)27)19-14-18(22)11-12-20(19)28-3/h7-12,14,16H,5-6,13H2,1-4H3,(H,23,25)/t16-/m0/s1. The summed E-state index contributed by atoms with van der Waals surface area (Å²) in [6.45, 7) is 4.02. The fraction of sp³-hybridized carbons (Fsp3) is 0.381. The summed E-state index contributed by atoms with van der Waals surface area (Å²) in [4.78, 5) is 12.7. The van der Waals surface area contributed by atoms with E-state index < -0.39 is 16.1 Å². The summed E-state index contributed by atoms with van der Waals surface area (Å²) >= 11 is 6.04. The van der Waals surface area contributed by atoms with E-state index in [2.05, 4.69) is 29.6 Å². The maximum atomic E-state index is 12.7. The Morgan fingerprint density at radius 3 is 2.45 bits per heavy atom. The number of anilines is 1. The van der Waals surface area contributed by atoms with Gasteiger partial charge in [0.25, 0.3) is 0 Å². The largest absolute Gasteiger partial charge is 0.495 e. The van der Waals surface area contributed by atoms with Crippen molar-refractivity contribution in [2.75, 3.05) is 24.2 Å². The Kier molecular flexibility index (Phi) is 7.93. The van der Waals surface area contributed by atoms with E-state index in [1.165, 1.54) is 31.2 Å². The Hall–Kier alpha value is -2.25. The van der Waals surface area contributed by atoms with Crippen LogP contribution in [-0.4, -0.2) is 40.3 Å². The Morgan fingerprint density at radius 2 is 1.86 bits per heavy atom. The van der Waals surface area contributed by atoms with Crippen molar-refractivity contribution in [1.29, 1.82) is 0 Å². The number of sulfonamides is 1. The minimum atomic E-state index is -3.76. The van der Waals surface area contributed by atoms with Crippen molar-refractivity contribution >= 4 is 33.2 Å². The molecule has 0 aliphatic heterocycles. The molecular formula is C21H27ClN2O4S. The summed E-state index contributed by atoms with van der Waals surface area (Å²) in [6.07, 6.45) is 2.63. The summed E-state index contributed by atoms with van der Waals surface area (Å²) in [5.41, 5.74) is 2.62. The van der Waals surface area contributed by atoms with Crippen molar-refractivity contribution in [1.82, 2.24) is 5.32 Å². The molecule has 2 aromatic rings. The van der Waals surface area contributed by atoms with E-state index in [0.29, 0.717) is 17.3 Å². The lowest BCUT2D eigenvalue weighted by Gasteiger charge is -2.29. The molecule has 6 nitrogen and oxygen atoms in total. The van der Waals surface area contributed by atoms with Crippen LogP contribution in [0, 0.1) is 6.92 Å². The number of hydrogen-bond donors (Lipinski definition) is 1. The molecule has 2 rings (SSSR count). The Morgan fingerprint density at radius 1 is 1.21 bits per heavy atom. The van der Waals surface area contributed by atoms with Crippen LogP contribution < -0.4 is 14.4 Å². The highest BCUT2D eigenvalue weighted by molar-refractivity contribution is 7.92. The molecule has 0 bridgehead atoms. The zero-order valence-corrected chi connectivity index (χ0v) is 18.7. The van der Waals surface area contributed by atoms with Gasteiger partial charge in [-0.25, -0.2) is 8.42 Å². The highest BCUT2D eigenvalue weighted by Gasteiger charge is 2.31. The van der Waals surface area contributed by atoms with Crippen LogP contribution in [0.4, 0.5) is 5.69 Å². The van der Waals surface area contributed by atoms with Crippen LogP contribution in [0.3, 0.4) is 0 Å². The molecule has 0 spiro atoms. The maximum absolute atomic E-state index is 12.7. The number of aryl methyl sites for hydroxylation is 2. The zero-order chi connectivity index (χ0) is 21.6. The van der Waals surface area contributed by atoms with Gasteiger partial charge in [0.1, 0.15) is 11.8 Å². The number of rotatable bonds is 9. The number of halogens is 1. The second kappa shape index (κ2) is 9.98. The summed E-state index contributed by atoms with van der Waals surface area (Å²) in [5, 5.41) is 3.17. The molecule has 0 unspecified atom stereocenters. The molecule has 1 atom stereocenters. The van der Waals surface area contributed by atoms with Crippen LogP contribution in [-0.2, 0) is 21.2 Å². The van der Waals surface area contributed by atoms with Gasteiger partial charge in [-0.05, 0) is 50.5 Å². The Balaban J connectivity index is 2.07. The molecule has 2 aromatic carbocycles. The number of benzene rings is 2. The van der Waals surface area contributed by atoms with Gasteiger partial charge in [0, 0.05) is 11.6 Å². The number of carbonyl (C=O) groups excluding carboxylic acids is 1. The lowest BCUT2D eigenvalue weighted by molar-refractivity contribution is -0.121. The first kappa shape index (κ1) is 23.0. The summed E-state index contributed by atoms with van der Waals surface area (Å²) < 4.78 is 31.2. The number of hydrogen-bond acceptors (Lipinski definition) is 4. The third-order valence-electron chi connectivity index (χ3n) is 4.53. The molecule has 0 radical (unpaired) electrons. The molecule has 0 heterocycles.